The zero-order valence-electron chi connectivity index (χ0n) is 13.9. The zero-order chi connectivity index (χ0) is 16.8. The average Bonchev–Trinajstić information content (AvgIpc) is 2.88. The average molecular weight is 344 g/mol. The number of hydrogen-bond donors (Lipinski definition) is 0. The predicted molar refractivity (Wildman–Crippen MR) is 98.7 cm³/mol. The molecule has 0 amide bonds. The maximum absolute atomic E-state index is 13.3. The second kappa shape index (κ2) is 5.35. The van der Waals surface area contributed by atoms with Gasteiger partial charge in [-0.3, -0.25) is 0 Å². The maximum Gasteiger partial charge on any atom is 0.268 e. The third kappa shape index (κ3) is 2.75. The molecule has 0 aliphatic rings. The van der Waals surface area contributed by atoms with Crippen LogP contribution in [0.5, 0.6) is 0 Å². The van der Waals surface area contributed by atoms with Crippen molar-refractivity contribution >= 4 is 34.3 Å². The van der Waals surface area contributed by atoms with Crippen molar-refractivity contribution in [1.82, 2.24) is 3.97 Å². The molecule has 0 saturated carbocycles. The number of aryl methyl sites for hydroxylation is 1. The summed E-state index contributed by atoms with van der Waals surface area (Å²) in [6.07, 6.45) is 0. The van der Waals surface area contributed by atoms with Gasteiger partial charge in [0.05, 0.1) is 10.4 Å². The van der Waals surface area contributed by atoms with Crippen molar-refractivity contribution in [1.29, 1.82) is 0 Å². The van der Waals surface area contributed by atoms with E-state index >= 15 is 0 Å². The molecule has 0 aliphatic carbocycles. The highest BCUT2D eigenvalue weighted by Crippen LogP contribution is 2.23. The van der Waals surface area contributed by atoms with Crippen molar-refractivity contribution in [3.05, 3.63) is 60.2 Å². The number of para-hydroxylation sites is 1. The molecule has 0 fully saturated rings. The van der Waals surface area contributed by atoms with Gasteiger partial charge in [0, 0.05) is 10.7 Å². The summed E-state index contributed by atoms with van der Waals surface area (Å²) in [7, 11) is -5.43. The van der Waals surface area contributed by atoms with Gasteiger partial charge in [-0.15, -0.1) is 0 Å². The van der Waals surface area contributed by atoms with Crippen molar-refractivity contribution in [3.63, 3.8) is 0 Å². The van der Waals surface area contributed by atoms with Crippen molar-refractivity contribution in [2.24, 2.45) is 0 Å². The molecule has 3 rings (SSSR count). The van der Waals surface area contributed by atoms with E-state index in [1.807, 2.05) is 49.4 Å². The Balaban J connectivity index is 2.36. The number of rotatable bonds is 3. The fraction of sp³-hybridized carbons (Fsp3) is 0.222. The first-order valence-electron chi connectivity index (χ1n) is 7.64. The van der Waals surface area contributed by atoms with Crippen molar-refractivity contribution in [2.75, 3.05) is 0 Å². The number of hydrogen-bond acceptors (Lipinski definition) is 2. The van der Waals surface area contributed by atoms with Crippen LogP contribution in [0.4, 0.5) is 0 Å². The molecular weight excluding hydrogens is 322 g/mol. The topological polar surface area (TPSA) is 39.1 Å². The third-order valence-corrected chi connectivity index (χ3v) is 7.80. The molecule has 3 aromatic rings. The van der Waals surface area contributed by atoms with Crippen LogP contribution in [-0.2, 0) is 10.0 Å². The molecule has 0 aliphatic heterocycles. The minimum absolute atomic E-state index is 0.337. The molecule has 120 valence electrons. The van der Waals surface area contributed by atoms with Gasteiger partial charge in [0.25, 0.3) is 10.0 Å². The van der Waals surface area contributed by atoms with Gasteiger partial charge in [-0.25, -0.2) is 12.4 Å². The molecule has 0 radical (unpaired) electrons. The molecule has 1 aromatic heterocycles. The summed E-state index contributed by atoms with van der Waals surface area (Å²) in [6.45, 7) is 8.46. The standard InChI is InChI=1S/C18H21NO2SSi/c1-14-9-11-16(12-10-14)22(20,21)19-17-8-6-5-7-15(17)13-18(19)23(2,3)4/h5-13H,1-4H3. The van der Waals surface area contributed by atoms with Crippen LogP contribution in [-0.4, -0.2) is 20.5 Å². The third-order valence-electron chi connectivity index (χ3n) is 3.99. The molecule has 1 heterocycles. The Morgan fingerprint density at radius 2 is 1.52 bits per heavy atom. The minimum Gasteiger partial charge on any atom is -0.242 e. The lowest BCUT2D eigenvalue weighted by molar-refractivity contribution is 0.590. The minimum atomic E-state index is -3.60. The quantitative estimate of drug-likeness (QED) is 0.680. The Morgan fingerprint density at radius 1 is 0.913 bits per heavy atom. The summed E-state index contributed by atoms with van der Waals surface area (Å²) in [5.74, 6) is 0. The van der Waals surface area contributed by atoms with E-state index in [4.69, 9.17) is 0 Å². The molecule has 23 heavy (non-hydrogen) atoms. The molecular formula is C18H21NO2SSi. The predicted octanol–water partition coefficient (Wildman–Crippen LogP) is 3.73. The second-order valence-corrected chi connectivity index (χ2v) is 13.7. The zero-order valence-corrected chi connectivity index (χ0v) is 15.7. The SMILES string of the molecule is Cc1ccc(S(=O)(=O)n2c([Si](C)(C)C)cc3ccccc32)cc1. The highest BCUT2D eigenvalue weighted by atomic mass is 32.2. The first-order valence-corrected chi connectivity index (χ1v) is 12.6. The van der Waals surface area contributed by atoms with Crippen molar-refractivity contribution in [2.45, 2.75) is 31.5 Å². The van der Waals surface area contributed by atoms with E-state index in [0.717, 1.165) is 21.8 Å². The van der Waals surface area contributed by atoms with E-state index in [1.165, 1.54) is 0 Å². The maximum atomic E-state index is 13.3. The van der Waals surface area contributed by atoms with Crippen LogP contribution in [0, 0.1) is 6.92 Å². The van der Waals surface area contributed by atoms with Gasteiger partial charge >= 0.3 is 0 Å². The largest absolute Gasteiger partial charge is 0.268 e. The molecule has 0 unspecified atom stereocenters. The molecule has 2 aromatic carbocycles. The van der Waals surface area contributed by atoms with E-state index in [9.17, 15) is 8.42 Å². The smallest absolute Gasteiger partial charge is 0.242 e. The number of benzene rings is 2. The molecule has 0 saturated heterocycles. The van der Waals surface area contributed by atoms with Crippen LogP contribution in [0.15, 0.2) is 59.5 Å². The second-order valence-electron chi connectivity index (χ2n) is 6.92. The van der Waals surface area contributed by atoms with Crippen LogP contribution in [0.25, 0.3) is 10.9 Å². The lowest BCUT2D eigenvalue weighted by atomic mass is 10.2. The molecule has 0 spiro atoms. The molecule has 5 heteroatoms. The number of aromatic nitrogens is 1. The van der Waals surface area contributed by atoms with Gasteiger partial charge in [0.15, 0.2) is 0 Å². The van der Waals surface area contributed by atoms with Gasteiger partial charge in [-0.2, -0.15) is 0 Å². The monoisotopic (exact) mass is 343 g/mol. The van der Waals surface area contributed by atoms with Gasteiger partial charge in [0.1, 0.15) is 8.07 Å². The summed E-state index contributed by atoms with van der Waals surface area (Å²) in [5.41, 5.74) is 1.80. The Morgan fingerprint density at radius 3 is 2.13 bits per heavy atom. The van der Waals surface area contributed by atoms with Crippen molar-refractivity contribution < 1.29 is 8.42 Å². The van der Waals surface area contributed by atoms with E-state index in [2.05, 4.69) is 19.6 Å². The van der Waals surface area contributed by atoms with Crippen LogP contribution >= 0.6 is 0 Å². The van der Waals surface area contributed by atoms with E-state index in [1.54, 1.807) is 16.1 Å². The number of nitrogens with zero attached hydrogens (tertiary/aromatic N) is 1. The molecule has 3 nitrogen and oxygen atoms in total. The Hall–Kier alpha value is -1.85. The fourth-order valence-electron chi connectivity index (χ4n) is 2.73. The summed E-state index contributed by atoms with van der Waals surface area (Å²) in [4.78, 5) is 0.337. The van der Waals surface area contributed by atoms with Gasteiger partial charge in [0.2, 0.25) is 0 Å². The van der Waals surface area contributed by atoms with E-state index < -0.39 is 18.1 Å². The van der Waals surface area contributed by atoms with Gasteiger partial charge in [-0.1, -0.05) is 55.5 Å². The Kier molecular flexibility index (Phi) is 3.73. The van der Waals surface area contributed by atoms with E-state index in [-0.39, 0.29) is 0 Å². The summed E-state index contributed by atoms with van der Waals surface area (Å²) in [5, 5.41) is 1.90. The molecule has 0 N–H and O–H groups in total. The fourth-order valence-corrected chi connectivity index (χ4v) is 6.65. The first-order chi connectivity index (χ1) is 10.7. The van der Waals surface area contributed by atoms with Crippen molar-refractivity contribution in [3.8, 4) is 0 Å². The normalized spacial score (nSPS) is 12.7. The number of fused-ring (bicyclic) bond motifs is 1. The lowest BCUT2D eigenvalue weighted by Crippen LogP contribution is -2.44. The summed E-state index contributed by atoms with van der Waals surface area (Å²) < 4.78 is 28.1. The highest BCUT2D eigenvalue weighted by molar-refractivity contribution is 7.90. The van der Waals surface area contributed by atoms with E-state index in [0.29, 0.717) is 4.90 Å². The van der Waals surface area contributed by atoms with Crippen LogP contribution in [0.2, 0.25) is 19.6 Å². The highest BCUT2D eigenvalue weighted by Gasteiger charge is 2.29. The van der Waals surface area contributed by atoms with Crippen LogP contribution in [0.1, 0.15) is 5.56 Å². The molecule has 0 bridgehead atoms. The lowest BCUT2D eigenvalue weighted by Gasteiger charge is -2.20. The summed E-state index contributed by atoms with van der Waals surface area (Å²) >= 11 is 0. The Labute approximate surface area is 138 Å². The van der Waals surface area contributed by atoms with Gasteiger partial charge in [-0.05, 0) is 31.2 Å². The van der Waals surface area contributed by atoms with Gasteiger partial charge < -0.3 is 0 Å². The van der Waals surface area contributed by atoms with Crippen LogP contribution in [0.3, 0.4) is 0 Å². The van der Waals surface area contributed by atoms with Crippen LogP contribution < -0.4 is 5.32 Å². The molecule has 0 atom stereocenters. The Bertz CT molecular complexity index is 964. The summed E-state index contributed by atoms with van der Waals surface area (Å²) in [6, 6.07) is 16.8. The first kappa shape index (κ1) is 16.0.